The third-order valence-corrected chi connectivity index (χ3v) is 5.53. The van der Waals surface area contributed by atoms with E-state index in [0.717, 1.165) is 69.7 Å². The van der Waals surface area contributed by atoms with Gasteiger partial charge in [-0.1, -0.05) is 12.5 Å². The molecule has 6 nitrogen and oxygen atoms in total. The van der Waals surface area contributed by atoms with Gasteiger partial charge in [0.05, 0.1) is 0 Å². The predicted octanol–water partition coefficient (Wildman–Crippen LogP) is 2.76. The summed E-state index contributed by atoms with van der Waals surface area (Å²) >= 11 is 0. The highest BCUT2D eigenvalue weighted by molar-refractivity contribution is 5.79. The molecule has 1 aliphatic heterocycles. The summed E-state index contributed by atoms with van der Waals surface area (Å²) in [6, 6.07) is 6.16. The van der Waals surface area contributed by atoms with Gasteiger partial charge >= 0.3 is 0 Å². The predicted molar refractivity (Wildman–Crippen MR) is 118 cm³/mol. The molecule has 6 heteroatoms. The largest absolute Gasteiger partial charge is 0.357 e. The number of guanidine groups is 1. The molecular formula is C22H39N5O. The zero-order chi connectivity index (χ0) is 20.2. The fraction of sp³-hybridized carbons (Fsp3) is 0.727. The second kappa shape index (κ2) is 12.6. The smallest absolute Gasteiger partial charge is 0.250 e. The molecule has 0 radical (unpaired) electrons. The Hall–Kier alpha value is -1.82. The number of aryl methyl sites for hydroxylation is 1. The Morgan fingerprint density at radius 2 is 2.04 bits per heavy atom. The summed E-state index contributed by atoms with van der Waals surface area (Å²) in [5.41, 5.74) is 1.12. The van der Waals surface area contributed by atoms with E-state index >= 15 is 0 Å². The summed E-state index contributed by atoms with van der Waals surface area (Å²) in [6.45, 7) is 12.2. The molecule has 0 amide bonds. The molecule has 0 spiro atoms. The average molecular weight is 390 g/mol. The molecular weight excluding hydrogens is 350 g/mol. The Morgan fingerprint density at radius 3 is 2.79 bits per heavy atom. The van der Waals surface area contributed by atoms with Crippen LogP contribution in [0.15, 0.2) is 28.0 Å². The van der Waals surface area contributed by atoms with E-state index in [9.17, 15) is 4.79 Å². The highest BCUT2D eigenvalue weighted by Gasteiger charge is 2.16. The van der Waals surface area contributed by atoms with Gasteiger partial charge in [0.25, 0.3) is 5.56 Å². The molecule has 1 unspecified atom stereocenters. The maximum absolute atomic E-state index is 11.9. The Balaban J connectivity index is 1.65. The van der Waals surface area contributed by atoms with Crippen LogP contribution < -0.4 is 16.2 Å². The van der Waals surface area contributed by atoms with Crippen molar-refractivity contribution < 1.29 is 0 Å². The molecule has 2 heterocycles. The summed E-state index contributed by atoms with van der Waals surface area (Å²) in [7, 11) is 0. The molecule has 1 saturated heterocycles. The van der Waals surface area contributed by atoms with Gasteiger partial charge in [0, 0.05) is 50.5 Å². The van der Waals surface area contributed by atoms with Crippen molar-refractivity contribution in [3.05, 3.63) is 34.2 Å². The first-order chi connectivity index (χ1) is 13.6. The first kappa shape index (κ1) is 22.5. The maximum Gasteiger partial charge on any atom is 0.250 e. The monoisotopic (exact) mass is 389 g/mol. The van der Waals surface area contributed by atoms with Gasteiger partial charge in [-0.15, -0.1) is 0 Å². The number of aliphatic imine (C=N–C) groups is 1. The number of aromatic nitrogens is 1. The minimum absolute atomic E-state index is 0.0888. The number of hydrogen-bond donors (Lipinski definition) is 2. The Labute approximate surface area is 170 Å². The van der Waals surface area contributed by atoms with Crippen molar-refractivity contribution in [1.29, 1.82) is 0 Å². The topological polar surface area (TPSA) is 61.7 Å². The maximum atomic E-state index is 11.9. The Morgan fingerprint density at radius 1 is 1.18 bits per heavy atom. The number of nitrogens with one attached hydrogen (secondary N) is 2. The van der Waals surface area contributed by atoms with Crippen LogP contribution in [0.1, 0.15) is 58.1 Å². The van der Waals surface area contributed by atoms with Gasteiger partial charge in [-0.25, -0.2) is 0 Å². The summed E-state index contributed by atoms with van der Waals surface area (Å²) < 4.78 is 1.85. The number of rotatable bonds is 10. The van der Waals surface area contributed by atoms with Gasteiger partial charge in [-0.2, -0.15) is 0 Å². The van der Waals surface area contributed by atoms with Crippen molar-refractivity contribution >= 4 is 5.96 Å². The zero-order valence-corrected chi connectivity index (χ0v) is 18.0. The normalized spacial score (nSPS) is 18.2. The summed E-state index contributed by atoms with van der Waals surface area (Å²) in [6.07, 6.45) is 7.15. The third kappa shape index (κ3) is 7.66. The number of piperidine rings is 1. The van der Waals surface area contributed by atoms with Crippen molar-refractivity contribution in [1.82, 2.24) is 20.1 Å². The fourth-order valence-electron chi connectivity index (χ4n) is 3.81. The van der Waals surface area contributed by atoms with Gasteiger partial charge in [0.15, 0.2) is 5.96 Å². The molecule has 0 aliphatic carbocycles. The molecule has 0 saturated carbocycles. The van der Waals surface area contributed by atoms with Crippen LogP contribution in [0.3, 0.4) is 0 Å². The zero-order valence-electron chi connectivity index (χ0n) is 18.0. The van der Waals surface area contributed by atoms with Crippen LogP contribution in [-0.4, -0.2) is 54.2 Å². The van der Waals surface area contributed by atoms with Gasteiger partial charge in [-0.3, -0.25) is 9.79 Å². The van der Waals surface area contributed by atoms with Crippen LogP contribution in [0, 0.1) is 6.92 Å². The van der Waals surface area contributed by atoms with Crippen LogP contribution >= 0.6 is 0 Å². The van der Waals surface area contributed by atoms with E-state index in [0.29, 0.717) is 0 Å². The number of likely N-dealkylation sites (tertiary alicyclic amines) is 1. The van der Waals surface area contributed by atoms with Gasteiger partial charge in [0.2, 0.25) is 0 Å². The molecule has 158 valence electrons. The Kier molecular flexibility index (Phi) is 10.1. The van der Waals surface area contributed by atoms with E-state index in [2.05, 4.69) is 29.4 Å². The van der Waals surface area contributed by atoms with Gasteiger partial charge in [0.1, 0.15) is 0 Å². The number of pyridine rings is 1. The van der Waals surface area contributed by atoms with Crippen molar-refractivity contribution in [2.45, 2.75) is 71.9 Å². The van der Waals surface area contributed by atoms with Crippen LogP contribution in [-0.2, 0) is 6.54 Å². The molecule has 2 rings (SSSR count). The second-order valence-electron chi connectivity index (χ2n) is 7.79. The molecule has 28 heavy (non-hydrogen) atoms. The number of nitrogens with zero attached hydrogens (tertiary/aromatic N) is 3. The van der Waals surface area contributed by atoms with Crippen LogP contribution in [0.25, 0.3) is 0 Å². The van der Waals surface area contributed by atoms with Crippen molar-refractivity contribution in [2.24, 2.45) is 4.99 Å². The third-order valence-electron chi connectivity index (χ3n) is 5.53. The van der Waals surface area contributed by atoms with Crippen molar-refractivity contribution in [3.8, 4) is 0 Å². The average Bonchev–Trinajstić information content (AvgIpc) is 2.68. The molecule has 1 fully saturated rings. The molecule has 2 N–H and O–H groups in total. The molecule has 1 aromatic heterocycles. The summed E-state index contributed by atoms with van der Waals surface area (Å²) in [5, 5.41) is 6.75. The number of unbranched alkanes of at least 4 members (excludes halogenated alkanes) is 1. The van der Waals surface area contributed by atoms with E-state index in [-0.39, 0.29) is 5.56 Å². The summed E-state index contributed by atoms with van der Waals surface area (Å²) in [4.78, 5) is 19.2. The van der Waals surface area contributed by atoms with Gasteiger partial charge < -0.3 is 20.1 Å². The van der Waals surface area contributed by atoms with E-state index in [1.165, 1.54) is 25.8 Å². The van der Waals surface area contributed by atoms with E-state index < -0.39 is 0 Å². The quantitative estimate of drug-likeness (QED) is 0.367. The highest BCUT2D eigenvalue weighted by atomic mass is 16.1. The van der Waals surface area contributed by atoms with E-state index in [1.54, 1.807) is 6.07 Å². The van der Waals surface area contributed by atoms with Crippen LogP contribution in [0.2, 0.25) is 0 Å². The molecule has 0 aromatic carbocycles. The minimum atomic E-state index is 0.0888. The molecule has 1 aliphatic rings. The first-order valence-electron chi connectivity index (χ1n) is 11.0. The van der Waals surface area contributed by atoms with Crippen molar-refractivity contribution in [2.75, 3.05) is 32.7 Å². The van der Waals surface area contributed by atoms with E-state index in [1.807, 2.05) is 23.6 Å². The SMILES string of the molecule is CCNC(=NCCCN1CCCCC1C)NCCCCn1c(C)cccc1=O. The lowest BCUT2D eigenvalue weighted by atomic mass is 10.0. The molecule has 0 bridgehead atoms. The minimum Gasteiger partial charge on any atom is -0.357 e. The van der Waals surface area contributed by atoms with E-state index in [4.69, 9.17) is 4.99 Å². The van der Waals surface area contributed by atoms with Crippen LogP contribution in [0.4, 0.5) is 0 Å². The highest BCUT2D eigenvalue weighted by Crippen LogP contribution is 2.16. The molecule has 1 aromatic rings. The Bertz CT molecular complexity index is 655. The fourth-order valence-corrected chi connectivity index (χ4v) is 3.81. The lowest BCUT2D eigenvalue weighted by Gasteiger charge is -2.33. The van der Waals surface area contributed by atoms with Gasteiger partial charge in [-0.05, 0) is 65.5 Å². The van der Waals surface area contributed by atoms with Crippen molar-refractivity contribution in [3.63, 3.8) is 0 Å². The first-order valence-corrected chi connectivity index (χ1v) is 11.0. The lowest BCUT2D eigenvalue weighted by molar-refractivity contribution is 0.160. The lowest BCUT2D eigenvalue weighted by Crippen LogP contribution is -2.39. The van der Waals surface area contributed by atoms with Crippen LogP contribution in [0.5, 0.6) is 0 Å². The molecule has 1 atom stereocenters. The standard InChI is InChI=1S/C22H39N5O/c1-4-23-22(25-15-10-17-26-16-7-5-11-19(26)2)24-14-6-8-18-27-20(3)12-9-13-21(27)28/h9,12-13,19H,4-8,10-11,14-18H2,1-3H3,(H2,23,24,25). The second-order valence-corrected chi connectivity index (χ2v) is 7.79. The summed E-state index contributed by atoms with van der Waals surface area (Å²) in [5.74, 6) is 0.905. The number of hydrogen-bond acceptors (Lipinski definition) is 3.